The standard InChI is InChI=1S/C28H19F7O/c1-2-3-16-4-6-17(7-5-16)18-8-10-21(23(29)12-18)19-9-11-22(24(30)13-19)28(34,35)36-20-14-25(31)27(33)26(32)15-20/h4-15H,2-3H2,1H3. The third-order valence-electron chi connectivity index (χ3n) is 5.59. The van der Waals surface area contributed by atoms with Gasteiger partial charge in [0, 0.05) is 17.7 Å². The monoisotopic (exact) mass is 504 g/mol. The molecular formula is C28H19F7O. The van der Waals surface area contributed by atoms with Gasteiger partial charge in [0.25, 0.3) is 0 Å². The number of hydrogen-bond acceptors (Lipinski definition) is 1. The van der Waals surface area contributed by atoms with Crippen molar-refractivity contribution >= 4 is 0 Å². The zero-order chi connectivity index (χ0) is 26.0. The van der Waals surface area contributed by atoms with Crippen LogP contribution in [0.5, 0.6) is 5.75 Å². The van der Waals surface area contributed by atoms with E-state index in [1.54, 1.807) is 6.07 Å². The van der Waals surface area contributed by atoms with E-state index in [0.717, 1.165) is 30.0 Å². The van der Waals surface area contributed by atoms with E-state index in [9.17, 15) is 30.7 Å². The second-order valence-electron chi connectivity index (χ2n) is 8.16. The first kappa shape index (κ1) is 25.3. The minimum absolute atomic E-state index is 0.00624. The summed E-state index contributed by atoms with van der Waals surface area (Å²) in [6.07, 6.45) is -2.43. The Morgan fingerprint density at radius 3 is 1.81 bits per heavy atom. The van der Waals surface area contributed by atoms with E-state index in [1.807, 2.05) is 24.3 Å². The number of benzene rings is 4. The summed E-state index contributed by atoms with van der Waals surface area (Å²) in [4.78, 5) is 0. The van der Waals surface area contributed by atoms with Crippen LogP contribution in [-0.2, 0) is 12.5 Å². The summed E-state index contributed by atoms with van der Waals surface area (Å²) in [5.74, 6) is -8.50. The molecular weight excluding hydrogens is 485 g/mol. The highest BCUT2D eigenvalue weighted by Gasteiger charge is 2.38. The zero-order valence-corrected chi connectivity index (χ0v) is 18.9. The van der Waals surface area contributed by atoms with Gasteiger partial charge >= 0.3 is 6.11 Å². The van der Waals surface area contributed by atoms with Crippen LogP contribution in [0.3, 0.4) is 0 Å². The van der Waals surface area contributed by atoms with Gasteiger partial charge < -0.3 is 4.74 Å². The summed E-state index contributed by atoms with van der Waals surface area (Å²) >= 11 is 0. The van der Waals surface area contributed by atoms with E-state index in [1.165, 1.54) is 12.1 Å². The SMILES string of the molecule is CCCc1ccc(-c2ccc(-c3ccc(C(F)(F)Oc4cc(F)c(F)c(F)c4)c(F)c3)c(F)c2)cc1. The van der Waals surface area contributed by atoms with Crippen LogP contribution in [0.4, 0.5) is 30.7 Å². The fourth-order valence-electron chi connectivity index (χ4n) is 3.79. The molecule has 4 aromatic carbocycles. The van der Waals surface area contributed by atoms with Crippen LogP contribution in [0.2, 0.25) is 0 Å². The largest absolute Gasteiger partial charge is 0.429 e. The van der Waals surface area contributed by atoms with E-state index in [4.69, 9.17) is 0 Å². The predicted octanol–water partition coefficient (Wildman–Crippen LogP) is 8.80. The van der Waals surface area contributed by atoms with Gasteiger partial charge in [0.15, 0.2) is 17.5 Å². The van der Waals surface area contributed by atoms with Gasteiger partial charge in [-0.25, -0.2) is 22.0 Å². The quantitative estimate of drug-likeness (QED) is 0.181. The van der Waals surface area contributed by atoms with E-state index in [2.05, 4.69) is 11.7 Å². The van der Waals surface area contributed by atoms with Crippen molar-refractivity contribution in [2.45, 2.75) is 25.9 Å². The fraction of sp³-hybridized carbons (Fsp3) is 0.143. The number of aryl methyl sites for hydroxylation is 1. The molecule has 0 unspecified atom stereocenters. The number of rotatable bonds is 7. The Balaban J connectivity index is 1.59. The highest BCUT2D eigenvalue weighted by Crippen LogP contribution is 2.36. The normalized spacial score (nSPS) is 11.6. The maximum atomic E-state index is 14.9. The van der Waals surface area contributed by atoms with Crippen molar-refractivity contribution in [2.24, 2.45) is 0 Å². The molecule has 0 amide bonds. The Morgan fingerprint density at radius 1 is 0.639 bits per heavy atom. The van der Waals surface area contributed by atoms with Crippen molar-refractivity contribution in [2.75, 3.05) is 0 Å². The molecule has 0 aliphatic heterocycles. The molecule has 0 aromatic heterocycles. The first-order valence-corrected chi connectivity index (χ1v) is 11.0. The summed E-state index contributed by atoms with van der Waals surface area (Å²) in [6, 6.07) is 14.8. The van der Waals surface area contributed by atoms with E-state index >= 15 is 0 Å². The van der Waals surface area contributed by atoms with Crippen molar-refractivity contribution in [3.05, 3.63) is 113 Å². The Labute approximate surface area is 202 Å². The van der Waals surface area contributed by atoms with Crippen molar-refractivity contribution in [3.63, 3.8) is 0 Å². The molecule has 0 aliphatic carbocycles. The molecule has 4 rings (SSSR count). The van der Waals surface area contributed by atoms with Gasteiger partial charge in [-0.3, -0.25) is 0 Å². The molecule has 8 heteroatoms. The molecule has 0 spiro atoms. The summed E-state index contributed by atoms with van der Waals surface area (Å²) in [5.41, 5.74) is 1.26. The number of halogens is 7. The van der Waals surface area contributed by atoms with Gasteiger partial charge in [0.1, 0.15) is 17.4 Å². The molecule has 0 aliphatic rings. The second-order valence-corrected chi connectivity index (χ2v) is 8.16. The summed E-state index contributed by atoms with van der Waals surface area (Å²) in [7, 11) is 0. The summed E-state index contributed by atoms with van der Waals surface area (Å²) < 4.78 is 102. The molecule has 0 bridgehead atoms. The third kappa shape index (κ3) is 5.22. The number of ether oxygens (including phenoxy) is 1. The second kappa shape index (κ2) is 10.0. The van der Waals surface area contributed by atoms with E-state index < -0.39 is 46.5 Å². The lowest BCUT2D eigenvalue weighted by Gasteiger charge is -2.19. The van der Waals surface area contributed by atoms with Gasteiger partial charge in [0.2, 0.25) is 0 Å². The van der Waals surface area contributed by atoms with Crippen LogP contribution in [0.25, 0.3) is 22.3 Å². The smallest absolute Gasteiger partial charge is 0.429 e. The van der Waals surface area contributed by atoms with Gasteiger partial charge in [-0.2, -0.15) is 8.78 Å². The first-order chi connectivity index (χ1) is 17.1. The highest BCUT2D eigenvalue weighted by atomic mass is 19.3. The molecule has 0 heterocycles. The zero-order valence-electron chi connectivity index (χ0n) is 18.9. The lowest BCUT2D eigenvalue weighted by Crippen LogP contribution is -2.23. The van der Waals surface area contributed by atoms with Crippen LogP contribution >= 0.6 is 0 Å². The maximum absolute atomic E-state index is 14.9. The van der Waals surface area contributed by atoms with Crippen molar-refractivity contribution in [1.82, 2.24) is 0 Å². The first-order valence-electron chi connectivity index (χ1n) is 11.0. The van der Waals surface area contributed by atoms with Crippen LogP contribution in [0.1, 0.15) is 24.5 Å². The van der Waals surface area contributed by atoms with Crippen LogP contribution < -0.4 is 4.74 Å². The molecule has 186 valence electrons. The summed E-state index contributed by atoms with van der Waals surface area (Å²) in [6.45, 7) is 2.07. The average molecular weight is 504 g/mol. The van der Waals surface area contributed by atoms with Crippen molar-refractivity contribution in [3.8, 4) is 28.0 Å². The van der Waals surface area contributed by atoms with Gasteiger partial charge in [0.05, 0.1) is 5.56 Å². The Hall–Kier alpha value is -3.81. The van der Waals surface area contributed by atoms with Crippen molar-refractivity contribution < 1.29 is 35.5 Å². The molecule has 0 radical (unpaired) electrons. The molecule has 0 saturated heterocycles. The maximum Gasteiger partial charge on any atom is 0.429 e. The van der Waals surface area contributed by atoms with Crippen LogP contribution in [0, 0.1) is 29.1 Å². The lowest BCUT2D eigenvalue weighted by atomic mass is 9.97. The molecule has 36 heavy (non-hydrogen) atoms. The van der Waals surface area contributed by atoms with Gasteiger partial charge in [-0.05, 0) is 46.9 Å². The molecule has 0 N–H and O–H groups in total. The van der Waals surface area contributed by atoms with E-state index in [0.29, 0.717) is 17.7 Å². The Kier molecular flexibility index (Phi) is 7.06. The Bertz CT molecular complexity index is 1370. The number of hydrogen-bond donors (Lipinski definition) is 0. The minimum atomic E-state index is -4.36. The van der Waals surface area contributed by atoms with Crippen LogP contribution in [-0.4, -0.2) is 0 Å². The minimum Gasteiger partial charge on any atom is -0.429 e. The third-order valence-corrected chi connectivity index (χ3v) is 5.59. The number of alkyl halides is 2. The lowest BCUT2D eigenvalue weighted by molar-refractivity contribution is -0.187. The molecule has 1 nitrogen and oxygen atoms in total. The van der Waals surface area contributed by atoms with Crippen molar-refractivity contribution in [1.29, 1.82) is 0 Å². The Morgan fingerprint density at radius 2 is 1.22 bits per heavy atom. The molecule has 4 aromatic rings. The van der Waals surface area contributed by atoms with Gasteiger partial charge in [-0.15, -0.1) is 0 Å². The summed E-state index contributed by atoms with van der Waals surface area (Å²) in [5, 5.41) is 0. The van der Waals surface area contributed by atoms with E-state index in [-0.39, 0.29) is 23.3 Å². The van der Waals surface area contributed by atoms with Crippen LogP contribution in [0.15, 0.2) is 72.8 Å². The highest BCUT2D eigenvalue weighted by molar-refractivity contribution is 5.71. The predicted molar refractivity (Wildman–Crippen MR) is 122 cm³/mol. The molecule has 0 fully saturated rings. The van der Waals surface area contributed by atoms with Gasteiger partial charge in [-0.1, -0.05) is 55.8 Å². The molecule has 0 atom stereocenters. The topological polar surface area (TPSA) is 9.23 Å². The molecule has 0 saturated carbocycles. The fourth-order valence-corrected chi connectivity index (χ4v) is 3.79. The average Bonchev–Trinajstić information content (AvgIpc) is 2.82.